The van der Waals surface area contributed by atoms with Gasteiger partial charge in [0.05, 0.1) is 12.4 Å². The van der Waals surface area contributed by atoms with Gasteiger partial charge in [-0.15, -0.1) is 0 Å². The predicted molar refractivity (Wildman–Crippen MR) is 120 cm³/mol. The van der Waals surface area contributed by atoms with Crippen LogP contribution in [-0.4, -0.2) is 33.0 Å². The van der Waals surface area contributed by atoms with Gasteiger partial charge in [-0.05, 0) is 60.3 Å². The summed E-state index contributed by atoms with van der Waals surface area (Å²) in [5, 5.41) is 0. The van der Waals surface area contributed by atoms with Crippen molar-refractivity contribution in [1.82, 2.24) is 19.9 Å². The molecule has 1 aliphatic heterocycles. The predicted octanol–water partition coefficient (Wildman–Crippen LogP) is 4.74. The van der Waals surface area contributed by atoms with Gasteiger partial charge < -0.3 is 9.64 Å². The third-order valence-electron chi connectivity index (χ3n) is 7.39. The zero-order chi connectivity index (χ0) is 21.2. The third-order valence-corrected chi connectivity index (χ3v) is 7.39. The first-order chi connectivity index (χ1) is 15.1. The van der Waals surface area contributed by atoms with Crippen molar-refractivity contribution in [1.29, 1.82) is 0 Å². The molecule has 3 aliphatic rings. The molecule has 6 nitrogen and oxygen atoms in total. The third kappa shape index (κ3) is 2.99. The van der Waals surface area contributed by atoms with Crippen molar-refractivity contribution in [2.24, 2.45) is 11.3 Å². The number of ether oxygens (including phenoxy) is 1. The fraction of sp³-hybridized carbons (Fsp3) is 0.440. The first-order valence-electron chi connectivity index (χ1n) is 11.3. The average molecular weight is 414 g/mol. The van der Waals surface area contributed by atoms with Crippen LogP contribution in [0.5, 0.6) is 11.6 Å². The number of aryl methyl sites for hydroxylation is 2. The lowest BCUT2D eigenvalue weighted by Gasteiger charge is -2.22. The van der Waals surface area contributed by atoms with Crippen LogP contribution in [0.3, 0.4) is 0 Å². The van der Waals surface area contributed by atoms with Crippen molar-refractivity contribution < 1.29 is 4.74 Å². The molecule has 0 aromatic carbocycles. The van der Waals surface area contributed by atoms with Crippen molar-refractivity contribution in [3.05, 3.63) is 53.4 Å². The second-order valence-electron chi connectivity index (χ2n) is 9.34. The van der Waals surface area contributed by atoms with Crippen LogP contribution in [0.25, 0.3) is 11.1 Å². The largest absolute Gasteiger partial charge is 0.436 e. The first-order valence-corrected chi connectivity index (χ1v) is 11.3. The van der Waals surface area contributed by atoms with E-state index in [9.17, 15) is 0 Å². The fourth-order valence-corrected chi connectivity index (χ4v) is 5.39. The van der Waals surface area contributed by atoms with Crippen LogP contribution >= 0.6 is 0 Å². The molecular weight excluding hydrogens is 386 g/mol. The van der Waals surface area contributed by atoms with E-state index in [1.165, 1.54) is 40.8 Å². The molecule has 0 amide bonds. The topological polar surface area (TPSA) is 64.0 Å². The van der Waals surface area contributed by atoms with Gasteiger partial charge >= 0.3 is 0 Å². The Morgan fingerprint density at radius 3 is 2.71 bits per heavy atom. The van der Waals surface area contributed by atoms with Crippen LogP contribution in [0, 0.1) is 18.3 Å². The van der Waals surface area contributed by atoms with Gasteiger partial charge in [-0.1, -0.05) is 13.8 Å². The smallest absolute Gasteiger partial charge is 0.221 e. The Kier molecular flexibility index (Phi) is 4.07. The lowest BCUT2D eigenvalue weighted by Crippen LogP contribution is -2.22. The van der Waals surface area contributed by atoms with Crippen molar-refractivity contribution in [3.63, 3.8) is 0 Å². The highest BCUT2D eigenvalue weighted by Crippen LogP contribution is 2.57. The van der Waals surface area contributed by atoms with Gasteiger partial charge in [0.25, 0.3) is 0 Å². The summed E-state index contributed by atoms with van der Waals surface area (Å²) < 4.78 is 6.13. The monoisotopic (exact) mass is 413 g/mol. The second kappa shape index (κ2) is 6.74. The Balaban J connectivity index is 1.46. The Morgan fingerprint density at radius 2 is 2.00 bits per heavy atom. The SMILES string of the molecule is CCc1nccc2c1Cc1cc(Oc3cnc(C)nc3)nc(N3CC(C)C4(CC4)C3)c1-2. The van der Waals surface area contributed by atoms with Crippen LogP contribution in [0.15, 0.2) is 30.7 Å². The molecule has 0 bridgehead atoms. The summed E-state index contributed by atoms with van der Waals surface area (Å²) in [6, 6.07) is 4.25. The van der Waals surface area contributed by atoms with E-state index in [2.05, 4.69) is 45.8 Å². The number of hydrogen-bond acceptors (Lipinski definition) is 6. The van der Waals surface area contributed by atoms with E-state index < -0.39 is 0 Å². The van der Waals surface area contributed by atoms with Gasteiger partial charge in [-0.25, -0.2) is 9.97 Å². The number of anilines is 1. The molecule has 0 radical (unpaired) electrons. The van der Waals surface area contributed by atoms with Gasteiger partial charge in [0.15, 0.2) is 5.75 Å². The molecule has 1 spiro atoms. The molecule has 4 heterocycles. The highest BCUT2D eigenvalue weighted by molar-refractivity contribution is 5.86. The maximum atomic E-state index is 6.13. The molecular formula is C25H27N5O. The maximum absolute atomic E-state index is 6.13. The molecule has 1 unspecified atom stereocenters. The van der Waals surface area contributed by atoms with Crippen LogP contribution in [0.2, 0.25) is 0 Å². The molecule has 0 N–H and O–H groups in total. The zero-order valence-corrected chi connectivity index (χ0v) is 18.4. The molecule has 2 aliphatic carbocycles. The Hall–Kier alpha value is -3.02. The van der Waals surface area contributed by atoms with E-state index in [-0.39, 0.29) is 0 Å². The fourth-order valence-electron chi connectivity index (χ4n) is 5.39. The molecule has 31 heavy (non-hydrogen) atoms. The highest BCUT2D eigenvalue weighted by atomic mass is 16.5. The van der Waals surface area contributed by atoms with E-state index in [1.54, 1.807) is 12.4 Å². The molecule has 3 aromatic heterocycles. The molecule has 1 saturated heterocycles. The van der Waals surface area contributed by atoms with E-state index in [0.29, 0.717) is 23.0 Å². The van der Waals surface area contributed by atoms with E-state index >= 15 is 0 Å². The quantitative estimate of drug-likeness (QED) is 0.482. The van der Waals surface area contributed by atoms with Gasteiger partial charge in [-0.3, -0.25) is 4.98 Å². The number of rotatable bonds is 4. The summed E-state index contributed by atoms with van der Waals surface area (Å²) in [4.78, 5) is 20.7. The maximum Gasteiger partial charge on any atom is 0.221 e. The molecule has 158 valence electrons. The Bertz CT molecular complexity index is 1170. The van der Waals surface area contributed by atoms with Crippen molar-refractivity contribution in [2.45, 2.75) is 46.5 Å². The van der Waals surface area contributed by atoms with Crippen LogP contribution in [-0.2, 0) is 12.8 Å². The number of fused-ring (bicyclic) bond motifs is 3. The van der Waals surface area contributed by atoms with Crippen LogP contribution in [0.1, 0.15) is 49.3 Å². The highest BCUT2D eigenvalue weighted by Gasteiger charge is 2.53. The van der Waals surface area contributed by atoms with Gasteiger partial charge in [0.2, 0.25) is 5.88 Å². The van der Waals surface area contributed by atoms with Crippen LogP contribution in [0.4, 0.5) is 5.82 Å². The minimum Gasteiger partial charge on any atom is -0.436 e. The Morgan fingerprint density at radius 1 is 1.19 bits per heavy atom. The molecule has 1 atom stereocenters. The lowest BCUT2D eigenvalue weighted by atomic mass is 9.95. The van der Waals surface area contributed by atoms with E-state index in [1.807, 2.05) is 13.1 Å². The van der Waals surface area contributed by atoms with Crippen LogP contribution < -0.4 is 9.64 Å². The summed E-state index contributed by atoms with van der Waals surface area (Å²) >= 11 is 0. The van der Waals surface area contributed by atoms with E-state index in [0.717, 1.165) is 37.6 Å². The molecule has 3 aromatic rings. The summed E-state index contributed by atoms with van der Waals surface area (Å²) in [6.07, 6.45) is 9.86. The summed E-state index contributed by atoms with van der Waals surface area (Å²) in [5.74, 6) is 3.71. The number of pyridine rings is 2. The van der Waals surface area contributed by atoms with Gasteiger partial charge in [0, 0.05) is 43.0 Å². The summed E-state index contributed by atoms with van der Waals surface area (Å²) in [5.41, 5.74) is 6.85. The van der Waals surface area contributed by atoms with Gasteiger partial charge in [-0.2, -0.15) is 4.98 Å². The number of aromatic nitrogens is 4. The molecule has 1 saturated carbocycles. The number of nitrogens with zero attached hydrogens (tertiary/aromatic N) is 5. The minimum absolute atomic E-state index is 0.491. The Labute approximate surface area is 182 Å². The van der Waals surface area contributed by atoms with Crippen molar-refractivity contribution >= 4 is 5.82 Å². The van der Waals surface area contributed by atoms with Gasteiger partial charge in [0.1, 0.15) is 11.6 Å². The zero-order valence-electron chi connectivity index (χ0n) is 18.4. The minimum atomic E-state index is 0.491. The summed E-state index contributed by atoms with van der Waals surface area (Å²) in [6.45, 7) is 8.58. The normalized spacial score (nSPS) is 20.1. The van der Waals surface area contributed by atoms with Crippen molar-refractivity contribution in [2.75, 3.05) is 18.0 Å². The first kappa shape index (κ1) is 18.7. The van der Waals surface area contributed by atoms with E-state index in [4.69, 9.17) is 9.72 Å². The molecule has 2 fully saturated rings. The second-order valence-corrected chi connectivity index (χ2v) is 9.34. The lowest BCUT2D eigenvalue weighted by molar-refractivity contribution is 0.432. The molecule has 6 rings (SSSR count). The summed E-state index contributed by atoms with van der Waals surface area (Å²) in [7, 11) is 0. The standard InChI is InChI=1S/C25H27N5O/c1-4-21-20-9-17-10-22(31-18-11-27-16(3)28-12-18)29-24(23(17)19(20)5-8-26-21)30-13-15(2)25(14-30)6-7-25/h5,8,10-12,15H,4,6-7,9,13-14H2,1-3H3. The number of hydrogen-bond donors (Lipinski definition) is 0. The molecule has 6 heteroatoms. The average Bonchev–Trinajstić information content (AvgIpc) is 3.35. The van der Waals surface area contributed by atoms with Crippen molar-refractivity contribution in [3.8, 4) is 22.8 Å².